The highest BCUT2D eigenvalue weighted by Crippen LogP contribution is 2.36. The average Bonchev–Trinajstić information content (AvgIpc) is 2.35. The summed E-state index contributed by atoms with van der Waals surface area (Å²) in [5, 5.41) is 9.98. The molecule has 1 aromatic carbocycles. The summed E-state index contributed by atoms with van der Waals surface area (Å²) in [7, 11) is 0. The van der Waals surface area contributed by atoms with Crippen molar-refractivity contribution in [1.29, 1.82) is 0 Å². The van der Waals surface area contributed by atoms with Crippen LogP contribution < -0.4 is 15.1 Å². The standard InChI is InChI=1S/C14H14O6/c1-7(2)18-10-6-4-5-9-12(10)20-14(17)11(16)13(9)19-8(3)15/h4-7,16H,1-3H3. The maximum atomic E-state index is 11.6. The van der Waals surface area contributed by atoms with Gasteiger partial charge < -0.3 is 19.0 Å². The van der Waals surface area contributed by atoms with Crippen LogP contribution in [0.5, 0.6) is 17.2 Å². The molecule has 1 N–H and O–H groups in total. The zero-order chi connectivity index (χ0) is 14.9. The molecule has 0 aliphatic carbocycles. The molecular weight excluding hydrogens is 264 g/mol. The number of benzene rings is 1. The number of aromatic hydroxyl groups is 1. The van der Waals surface area contributed by atoms with E-state index < -0.39 is 17.3 Å². The van der Waals surface area contributed by atoms with Crippen LogP contribution in [0.3, 0.4) is 0 Å². The van der Waals surface area contributed by atoms with Gasteiger partial charge in [0, 0.05) is 6.92 Å². The van der Waals surface area contributed by atoms with Crippen LogP contribution in [-0.4, -0.2) is 17.2 Å². The van der Waals surface area contributed by atoms with Crippen LogP contribution in [0.25, 0.3) is 11.0 Å². The predicted molar refractivity (Wildman–Crippen MR) is 71.2 cm³/mol. The number of hydrogen-bond acceptors (Lipinski definition) is 6. The second-order valence-corrected chi connectivity index (χ2v) is 4.46. The van der Waals surface area contributed by atoms with Crippen molar-refractivity contribution in [2.45, 2.75) is 26.9 Å². The van der Waals surface area contributed by atoms with E-state index in [1.807, 2.05) is 13.8 Å². The number of rotatable bonds is 3. The Kier molecular flexibility index (Phi) is 3.65. The first-order valence-corrected chi connectivity index (χ1v) is 6.04. The molecule has 0 bridgehead atoms. The molecule has 0 saturated heterocycles. The molecule has 0 fully saturated rings. The Morgan fingerprint density at radius 3 is 2.65 bits per heavy atom. The van der Waals surface area contributed by atoms with Crippen molar-refractivity contribution >= 4 is 16.9 Å². The third-order valence-corrected chi connectivity index (χ3v) is 2.44. The minimum Gasteiger partial charge on any atom is -0.499 e. The number of fused-ring (bicyclic) bond motifs is 1. The summed E-state index contributed by atoms with van der Waals surface area (Å²) in [6, 6.07) is 4.83. The summed E-state index contributed by atoms with van der Waals surface area (Å²) in [6.07, 6.45) is -0.128. The Morgan fingerprint density at radius 2 is 2.05 bits per heavy atom. The van der Waals surface area contributed by atoms with Crippen molar-refractivity contribution in [3.05, 3.63) is 28.6 Å². The molecule has 0 spiro atoms. The van der Waals surface area contributed by atoms with Crippen LogP contribution >= 0.6 is 0 Å². The molecule has 0 atom stereocenters. The van der Waals surface area contributed by atoms with E-state index in [4.69, 9.17) is 13.9 Å². The molecule has 106 valence electrons. The van der Waals surface area contributed by atoms with Gasteiger partial charge in [-0.15, -0.1) is 0 Å². The smallest absolute Gasteiger partial charge is 0.382 e. The summed E-state index contributed by atoms with van der Waals surface area (Å²) in [5.74, 6) is -1.28. The first-order valence-electron chi connectivity index (χ1n) is 6.04. The molecule has 1 aromatic heterocycles. The minimum atomic E-state index is -0.992. The number of esters is 1. The summed E-state index contributed by atoms with van der Waals surface area (Å²) in [6.45, 7) is 4.82. The molecule has 2 rings (SSSR count). The molecule has 2 aromatic rings. The van der Waals surface area contributed by atoms with Gasteiger partial charge in [-0.25, -0.2) is 4.79 Å². The molecule has 0 saturated carbocycles. The van der Waals surface area contributed by atoms with E-state index in [0.29, 0.717) is 5.75 Å². The van der Waals surface area contributed by atoms with Crippen molar-refractivity contribution in [2.75, 3.05) is 0 Å². The molecule has 0 unspecified atom stereocenters. The lowest BCUT2D eigenvalue weighted by atomic mass is 10.2. The molecule has 20 heavy (non-hydrogen) atoms. The van der Waals surface area contributed by atoms with Crippen molar-refractivity contribution in [3.8, 4) is 17.2 Å². The lowest BCUT2D eigenvalue weighted by molar-refractivity contribution is -0.131. The van der Waals surface area contributed by atoms with Crippen molar-refractivity contribution < 1.29 is 23.8 Å². The normalized spacial score (nSPS) is 10.8. The second kappa shape index (κ2) is 5.24. The Hall–Kier alpha value is -2.50. The highest BCUT2D eigenvalue weighted by atomic mass is 16.5. The van der Waals surface area contributed by atoms with Gasteiger partial charge in [0.05, 0.1) is 11.5 Å². The van der Waals surface area contributed by atoms with Crippen molar-refractivity contribution in [1.82, 2.24) is 0 Å². The predicted octanol–water partition coefficient (Wildman–Crippen LogP) is 2.21. The van der Waals surface area contributed by atoms with Gasteiger partial charge in [0.15, 0.2) is 17.1 Å². The molecule has 0 radical (unpaired) electrons. The minimum absolute atomic E-state index is 0.125. The number of para-hydroxylation sites is 1. The fraction of sp³-hybridized carbons (Fsp3) is 0.286. The summed E-state index contributed by atoms with van der Waals surface area (Å²) >= 11 is 0. The van der Waals surface area contributed by atoms with E-state index in [2.05, 4.69) is 0 Å². The summed E-state index contributed by atoms with van der Waals surface area (Å²) in [5.41, 5.74) is -0.867. The topological polar surface area (TPSA) is 86.0 Å². The number of carbonyl (C=O) groups excluding carboxylic acids is 1. The summed E-state index contributed by atoms with van der Waals surface area (Å²) in [4.78, 5) is 22.7. The van der Waals surface area contributed by atoms with E-state index in [9.17, 15) is 14.7 Å². The average molecular weight is 278 g/mol. The van der Waals surface area contributed by atoms with Crippen molar-refractivity contribution in [2.24, 2.45) is 0 Å². The second-order valence-electron chi connectivity index (χ2n) is 4.46. The van der Waals surface area contributed by atoms with Gasteiger partial charge in [-0.2, -0.15) is 0 Å². The Bertz CT molecular complexity index is 713. The monoisotopic (exact) mass is 278 g/mol. The molecule has 0 aliphatic rings. The first-order chi connectivity index (χ1) is 9.40. The maximum Gasteiger partial charge on any atom is 0.382 e. The maximum absolute atomic E-state index is 11.6. The van der Waals surface area contributed by atoms with Crippen LogP contribution in [0.15, 0.2) is 27.4 Å². The van der Waals surface area contributed by atoms with Crippen LogP contribution in [0.4, 0.5) is 0 Å². The highest BCUT2D eigenvalue weighted by molar-refractivity contribution is 5.91. The van der Waals surface area contributed by atoms with Gasteiger partial charge in [-0.1, -0.05) is 6.07 Å². The van der Waals surface area contributed by atoms with E-state index in [0.717, 1.165) is 0 Å². The van der Waals surface area contributed by atoms with Gasteiger partial charge in [-0.3, -0.25) is 4.79 Å². The van der Waals surface area contributed by atoms with Gasteiger partial charge >= 0.3 is 11.6 Å². The van der Waals surface area contributed by atoms with Gasteiger partial charge in [0.2, 0.25) is 5.75 Å². The van der Waals surface area contributed by atoms with Crippen molar-refractivity contribution in [3.63, 3.8) is 0 Å². The number of hydrogen-bond donors (Lipinski definition) is 1. The van der Waals surface area contributed by atoms with E-state index in [1.165, 1.54) is 6.92 Å². The van der Waals surface area contributed by atoms with E-state index in [1.54, 1.807) is 18.2 Å². The molecule has 6 nitrogen and oxygen atoms in total. The lowest BCUT2D eigenvalue weighted by Crippen LogP contribution is -2.09. The van der Waals surface area contributed by atoms with Crippen LogP contribution in [0.2, 0.25) is 0 Å². The quantitative estimate of drug-likeness (QED) is 0.684. The Morgan fingerprint density at radius 1 is 1.35 bits per heavy atom. The zero-order valence-electron chi connectivity index (χ0n) is 11.3. The fourth-order valence-corrected chi connectivity index (χ4v) is 1.75. The molecule has 6 heteroatoms. The van der Waals surface area contributed by atoms with E-state index in [-0.39, 0.29) is 22.8 Å². The van der Waals surface area contributed by atoms with Crippen LogP contribution in [0.1, 0.15) is 20.8 Å². The Balaban J connectivity index is 2.75. The zero-order valence-corrected chi connectivity index (χ0v) is 11.3. The third kappa shape index (κ3) is 2.59. The molecule has 0 aliphatic heterocycles. The van der Waals surface area contributed by atoms with Gasteiger partial charge in [0.1, 0.15) is 0 Å². The third-order valence-electron chi connectivity index (χ3n) is 2.44. The van der Waals surface area contributed by atoms with Gasteiger partial charge in [-0.05, 0) is 26.0 Å². The SMILES string of the molecule is CC(=O)Oc1c(O)c(=O)oc2c(OC(C)C)cccc12. The summed E-state index contributed by atoms with van der Waals surface area (Å²) < 4.78 is 15.4. The lowest BCUT2D eigenvalue weighted by Gasteiger charge is -2.12. The number of carbonyl (C=O) groups is 1. The molecule has 1 heterocycles. The van der Waals surface area contributed by atoms with Crippen LogP contribution in [-0.2, 0) is 4.79 Å². The molecular formula is C14H14O6. The Labute approximate surface area is 114 Å². The largest absolute Gasteiger partial charge is 0.499 e. The fourth-order valence-electron chi connectivity index (χ4n) is 1.75. The first kappa shape index (κ1) is 13.9. The van der Waals surface area contributed by atoms with E-state index >= 15 is 0 Å². The van der Waals surface area contributed by atoms with Crippen LogP contribution in [0, 0.1) is 0 Å². The molecule has 0 amide bonds. The number of ether oxygens (including phenoxy) is 2. The van der Waals surface area contributed by atoms with Gasteiger partial charge in [0.25, 0.3) is 0 Å². The highest BCUT2D eigenvalue weighted by Gasteiger charge is 2.19.